The quantitative estimate of drug-likeness (QED) is 0.788. The molecule has 19 heavy (non-hydrogen) atoms. The van der Waals surface area contributed by atoms with Crippen LogP contribution in [0.4, 0.5) is 0 Å². The third-order valence-corrected chi connectivity index (χ3v) is 3.56. The Morgan fingerprint density at radius 3 is 3.16 bits per heavy atom. The molecule has 106 valence electrons. The number of likely N-dealkylation sites (tertiary alicyclic amines) is 1. The minimum atomic E-state index is -0.241. The zero-order chi connectivity index (χ0) is 13.7. The first-order valence-corrected chi connectivity index (χ1v) is 6.82. The van der Waals surface area contributed by atoms with Crippen LogP contribution >= 0.6 is 0 Å². The van der Waals surface area contributed by atoms with Gasteiger partial charge in [0.2, 0.25) is 5.91 Å². The highest BCUT2D eigenvalue weighted by molar-refractivity contribution is 5.79. The maximum absolute atomic E-state index is 11.9. The molecule has 0 aromatic carbocycles. The molecule has 0 radical (unpaired) electrons. The molecule has 0 saturated carbocycles. The number of amides is 1. The van der Waals surface area contributed by atoms with Gasteiger partial charge in [-0.1, -0.05) is 0 Å². The number of β-amino-alcohol motifs (C(OH)–C–C–N with tert-alkyl or cyclic N) is 1. The van der Waals surface area contributed by atoms with E-state index >= 15 is 0 Å². The molecule has 1 saturated heterocycles. The van der Waals surface area contributed by atoms with E-state index < -0.39 is 0 Å². The number of piperidine rings is 1. The minimum Gasteiger partial charge on any atom is -0.392 e. The molecule has 6 heteroatoms. The Balaban J connectivity index is 1.69. The van der Waals surface area contributed by atoms with Gasteiger partial charge < -0.3 is 15.0 Å². The first-order valence-electron chi connectivity index (χ1n) is 6.82. The summed E-state index contributed by atoms with van der Waals surface area (Å²) >= 11 is 0. The third-order valence-electron chi connectivity index (χ3n) is 3.56. The molecule has 0 aliphatic carbocycles. The fourth-order valence-corrected chi connectivity index (χ4v) is 2.35. The highest BCUT2D eigenvalue weighted by atomic mass is 16.3. The standard InChI is InChI=1S/C13H22N4O2/c1-11(17-8-4-14-10-17)13(19)15-5-7-16-6-2-3-12(18)9-16/h4,8,10-12,18H,2-3,5-7,9H2,1H3,(H,15,19)/t11-,12-/m1/s1. The lowest BCUT2D eigenvalue weighted by Crippen LogP contribution is -2.43. The Kier molecular flexibility index (Phi) is 4.93. The fraction of sp³-hybridized carbons (Fsp3) is 0.692. The van der Waals surface area contributed by atoms with Gasteiger partial charge in [-0.3, -0.25) is 9.69 Å². The molecule has 2 N–H and O–H groups in total. The van der Waals surface area contributed by atoms with Crippen molar-refractivity contribution in [2.75, 3.05) is 26.2 Å². The summed E-state index contributed by atoms with van der Waals surface area (Å²) in [6.45, 7) is 4.97. The van der Waals surface area contributed by atoms with Crippen molar-refractivity contribution in [1.29, 1.82) is 0 Å². The van der Waals surface area contributed by atoms with Gasteiger partial charge in [-0.25, -0.2) is 4.98 Å². The summed E-state index contributed by atoms with van der Waals surface area (Å²) in [5, 5.41) is 12.5. The van der Waals surface area contributed by atoms with E-state index in [2.05, 4.69) is 15.2 Å². The first kappa shape index (κ1) is 14.0. The van der Waals surface area contributed by atoms with Gasteiger partial charge in [0.15, 0.2) is 0 Å². The van der Waals surface area contributed by atoms with E-state index in [9.17, 15) is 9.90 Å². The second-order valence-corrected chi connectivity index (χ2v) is 5.07. The Hall–Kier alpha value is -1.40. The van der Waals surface area contributed by atoms with E-state index in [0.29, 0.717) is 13.1 Å². The van der Waals surface area contributed by atoms with Gasteiger partial charge in [0, 0.05) is 32.0 Å². The molecule has 1 amide bonds. The van der Waals surface area contributed by atoms with Crippen LogP contribution in [-0.4, -0.2) is 57.7 Å². The van der Waals surface area contributed by atoms with Crippen LogP contribution in [0, 0.1) is 0 Å². The topological polar surface area (TPSA) is 70.4 Å². The van der Waals surface area contributed by atoms with Crippen molar-refractivity contribution < 1.29 is 9.90 Å². The molecule has 6 nitrogen and oxygen atoms in total. The molecule has 0 bridgehead atoms. The summed E-state index contributed by atoms with van der Waals surface area (Å²) in [4.78, 5) is 18.0. The van der Waals surface area contributed by atoms with E-state index in [1.165, 1.54) is 0 Å². The lowest BCUT2D eigenvalue weighted by Gasteiger charge is -2.30. The number of rotatable bonds is 5. The van der Waals surface area contributed by atoms with Crippen molar-refractivity contribution in [2.24, 2.45) is 0 Å². The van der Waals surface area contributed by atoms with E-state index in [1.54, 1.807) is 23.3 Å². The number of hydrogen-bond donors (Lipinski definition) is 2. The maximum atomic E-state index is 11.9. The number of carbonyl (C=O) groups is 1. The van der Waals surface area contributed by atoms with Gasteiger partial charge in [-0.2, -0.15) is 0 Å². The zero-order valence-corrected chi connectivity index (χ0v) is 11.3. The Labute approximate surface area is 113 Å². The number of nitrogens with zero attached hydrogens (tertiary/aromatic N) is 3. The van der Waals surface area contributed by atoms with Gasteiger partial charge in [0.1, 0.15) is 6.04 Å². The van der Waals surface area contributed by atoms with Crippen molar-refractivity contribution in [1.82, 2.24) is 19.8 Å². The predicted octanol–water partition coefficient (Wildman–Crippen LogP) is 0.0170. The summed E-state index contributed by atoms with van der Waals surface area (Å²) in [6, 6.07) is -0.241. The molecule has 0 unspecified atom stereocenters. The van der Waals surface area contributed by atoms with Crippen LogP contribution in [-0.2, 0) is 4.79 Å². The monoisotopic (exact) mass is 266 g/mol. The molecule has 1 aliphatic heterocycles. The fourth-order valence-electron chi connectivity index (χ4n) is 2.35. The van der Waals surface area contributed by atoms with Crippen LogP contribution < -0.4 is 5.32 Å². The van der Waals surface area contributed by atoms with Crippen LogP contribution in [0.5, 0.6) is 0 Å². The third kappa shape index (κ3) is 4.04. The molecular formula is C13H22N4O2. The minimum absolute atomic E-state index is 0.00411. The smallest absolute Gasteiger partial charge is 0.242 e. The Morgan fingerprint density at radius 1 is 1.63 bits per heavy atom. The highest BCUT2D eigenvalue weighted by Gasteiger charge is 2.18. The van der Waals surface area contributed by atoms with E-state index in [0.717, 1.165) is 25.9 Å². The molecular weight excluding hydrogens is 244 g/mol. The maximum Gasteiger partial charge on any atom is 0.242 e. The predicted molar refractivity (Wildman–Crippen MR) is 71.6 cm³/mol. The molecule has 2 rings (SSSR count). The summed E-state index contributed by atoms with van der Waals surface area (Å²) in [5.41, 5.74) is 0. The summed E-state index contributed by atoms with van der Waals surface area (Å²) in [5.74, 6) is -0.00411. The van der Waals surface area contributed by atoms with Crippen molar-refractivity contribution >= 4 is 5.91 Å². The lowest BCUT2D eigenvalue weighted by atomic mass is 10.1. The molecule has 1 aliphatic rings. The number of aliphatic hydroxyl groups is 1. The van der Waals surface area contributed by atoms with Crippen molar-refractivity contribution in [3.05, 3.63) is 18.7 Å². The second-order valence-electron chi connectivity index (χ2n) is 5.07. The first-order chi connectivity index (χ1) is 9.16. The number of aromatic nitrogens is 2. The molecule has 0 spiro atoms. The van der Waals surface area contributed by atoms with Crippen molar-refractivity contribution in [2.45, 2.75) is 31.9 Å². The van der Waals surface area contributed by atoms with Gasteiger partial charge in [-0.15, -0.1) is 0 Å². The van der Waals surface area contributed by atoms with Gasteiger partial charge in [0.25, 0.3) is 0 Å². The molecule has 2 atom stereocenters. The van der Waals surface area contributed by atoms with Crippen molar-refractivity contribution in [3.8, 4) is 0 Å². The molecule has 1 fully saturated rings. The van der Waals surface area contributed by atoms with Crippen LogP contribution in [0.3, 0.4) is 0 Å². The second kappa shape index (κ2) is 6.68. The summed E-state index contributed by atoms with van der Waals surface area (Å²) in [6.07, 6.45) is 6.80. The highest BCUT2D eigenvalue weighted by Crippen LogP contribution is 2.09. The van der Waals surface area contributed by atoms with E-state index in [1.807, 2.05) is 6.92 Å². The number of aliphatic hydroxyl groups excluding tert-OH is 1. The number of imidazole rings is 1. The lowest BCUT2D eigenvalue weighted by molar-refractivity contribution is -0.123. The average molecular weight is 266 g/mol. The molecule has 2 heterocycles. The molecule has 1 aromatic rings. The largest absolute Gasteiger partial charge is 0.392 e. The van der Waals surface area contributed by atoms with Gasteiger partial charge in [-0.05, 0) is 26.3 Å². The zero-order valence-electron chi connectivity index (χ0n) is 11.3. The normalized spacial score (nSPS) is 22.1. The summed E-state index contributed by atoms with van der Waals surface area (Å²) < 4.78 is 1.78. The molecule has 1 aromatic heterocycles. The summed E-state index contributed by atoms with van der Waals surface area (Å²) in [7, 11) is 0. The van der Waals surface area contributed by atoms with Crippen LogP contribution in [0.2, 0.25) is 0 Å². The van der Waals surface area contributed by atoms with Gasteiger partial charge >= 0.3 is 0 Å². The SMILES string of the molecule is C[C@H](C(=O)NCCN1CCC[C@@H](O)C1)n1ccnc1. The Bertz CT molecular complexity index is 393. The number of nitrogens with one attached hydrogen (secondary N) is 1. The Morgan fingerprint density at radius 2 is 2.47 bits per heavy atom. The number of carbonyl (C=O) groups excluding carboxylic acids is 1. The van der Waals surface area contributed by atoms with Crippen LogP contribution in [0.25, 0.3) is 0 Å². The number of hydrogen-bond acceptors (Lipinski definition) is 4. The van der Waals surface area contributed by atoms with Gasteiger partial charge in [0.05, 0.1) is 12.4 Å². The van der Waals surface area contributed by atoms with Crippen LogP contribution in [0.1, 0.15) is 25.8 Å². The van der Waals surface area contributed by atoms with Crippen LogP contribution in [0.15, 0.2) is 18.7 Å². The average Bonchev–Trinajstić information content (AvgIpc) is 2.91. The van der Waals surface area contributed by atoms with Crippen molar-refractivity contribution in [3.63, 3.8) is 0 Å². The van der Waals surface area contributed by atoms with E-state index in [-0.39, 0.29) is 18.1 Å². The van der Waals surface area contributed by atoms with E-state index in [4.69, 9.17) is 0 Å².